The fraction of sp³-hybridized carbons (Fsp3) is 0.111. The van der Waals surface area contributed by atoms with Crippen molar-refractivity contribution in [2.75, 3.05) is 4.90 Å². The van der Waals surface area contributed by atoms with Gasteiger partial charge in [0.1, 0.15) is 11.6 Å². The number of aromatic nitrogens is 2. The lowest BCUT2D eigenvalue weighted by Crippen LogP contribution is -2.29. The number of amides is 1. The minimum atomic E-state index is -0.930. The Hall–Kier alpha value is -3.34. The topological polar surface area (TPSA) is 83.4 Å². The molecule has 6 nitrogen and oxygen atoms in total. The summed E-state index contributed by atoms with van der Waals surface area (Å²) in [5, 5.41) is 19.8. The van der Waals surface area contributed by atoms with Gasteiger partial charge in [-0.15, -0.1) is 10.2 Å². The minimum Gasteiger partial charge on any atom is -0.507 e. The molecule has 4 aromatic rings. The Morgan fingerprint density at radius 3 is 2.38 bits per heavy atom. The number of aryl methyl sites for hydroxylation is 1. The molecule has 5 rings (SSSR count). The number of ketones is 1. The maximum atomic E-state index is 13.5. The van der Waals surface area contributed by atoms with Gasteiger partial charge in [-0.3, -0.25) is 14.5 Å². The number of hydrogen-bond donors (Lipinski definition) is 1. The Labute approximate surface area is 229 Å². The van der Waals surface area contributed by atoms with Gasteiger partial charge in [0.05, 0.1) is 11.6 Å². The van der Waals surface area contributed by atoms with E-state index in [2.05, 4.69) is 26.1 Å². The van der Waals surface area contributed by atoms with Crippen LogP contribution in [0.25, 0.3) is 5.76 Å². The number of halogens is 2. The molecule has 186 valence electrons. The van der Waals surface area contributed by atoms with Gasteiger partial charge in [0.25, 0.3) is 5.78 Å². The van der Waals surface area contributed by atoms with Crippen molar-refractivity contribution in [2.24, 2.45) is 0 Å². The van der Waals surface area contributed by atoms with Crippen LogP contribution in [0.5, 0.6) is 0 Å². The van der Waals surface area contributed by atoms with Crippen LogP contribution in [0.4, 0.5) is 9.52 Å². The predicted octanol–water partition coefficient (Wildman–Crippen LogP) is 6.67. The number of anilines is 1. The van der Waals surface area contributed by atoms with Crippen LogP contribution in [0.2, 0.25) is 0 Å². The maximum Gasteiger partial charge on any atom is 0.301 e. The summed E-state index contributed by atoms with van der Waals surface area (Å²) in [4.78, 5) is 27.8. The van der Waals surface area contributed by atoms with Gasteiger partial charge in [-0.25, -0.2) is 4.39 Å². The SMILES string of the molecule is Cc1ccc(CSc2nnc(N3C(=O)C(=O)/C(=C(\O)c4ccc(F)cc4)C3c3ccc(Br)cc3)s2)cc1. The van der Waals surface area contributed by atoms with Crippen LogP contribution in [0, 0.1) is 12.7 Å². The molecule has 0 bridgehead atoms. The molecule has 1 aromatic heterocycles. The van der Waals surface area contributed by atoms with Gasteiger partial charge < -0.3 is 5.11 Å². The van der Waals surface area contributed by atoms with E-state index in [1.807, 2.05) is 31.2 Å². The fourth-order valence-electron chi connectivity index (χ4n) is 3.94. The molecule has 1 saturated heterocycles. The van der Waals surface area contributed by atoms with E-state index in [-0.39, 0.29) is 22.0 Å². The fourth-order valence-corrected chi connectivity index (χ4v) is 6.03. The highest BCUT2D eigenvalue weighted by molar-refractivity contribution is 9.10. The Morgan fingerprint density at radius 1 is 1.03 bits per heavy atom. The Bertz CT molecular complexity index is 1500. The number of hydrogen-bond acceptors (Lipinski definition) is 7. The molecule has 1 N–H and O–H groups in total. The number of aliphatic hydroxyl groups is 1. The maximum absolute atomic E-state index is 13.5. The smallest absolute Gasteiger partial charge is 0.301 e. The molecule has 1 atom stereocenters. The standard InChI is InChI=1S/C27H19BrFN3O3S2/c1-15-2-4-16(5-3-15)14-36-27-31-30-26(37-27)32-22(17-6-10-19(28)11-7-17)21(24(34)25(32)35)23(33)18-8-12-20(29)13-9-18/h2-13,22,33H,14H2,1H3/b23-21-. The van der Waals surface area contributed by atoms with E-state index in [4.69, 9.17) is 0 Å². The Balaban J connectivity index is 1.53. The van der Waals surface area contributed by atoms with E-state index in [1.165, 1.54) is 57.8 Å². The molecule has 0 radical (unpaired) electrons. The summed E-state index contributed by atoms with van der Waals surface area (Å²) in [5.41, 5.74) is 3.05. The summed E-state index contributed by atoms with van der Waals surface area (Å²) in [6, 6.07) is 19.4. The highest BCUT2D eigenvalue weighted by atomic mass is 79.9. The molecule has 37 heavy (non-hydrogen) atoms. The first kappa shape index (κ1) is 25.3. The molecule has 10 heteroatoms. The molecule has 1 unspecified atom stereocenters. The zero-order valence-corrected chi connectivity index (χ0v) is 22.6. The summed E-state index contributed by atoms with van der Waals surface area (Å²) in [5.74, 6) is -1.85. The number of carbonyl (C=O) groups excluding carboxylic acids is 2. The second-order valence-electron chi connectivity index (χ2n) is 8.35. The molecule has 1 aliphatic rings. The number of Topliss-reactive ketones (excluding diaryl/α,β-unsaturated/α-hetero) is 1. The van der Waals surface area contributed by atoms with E-state index in [1.54, 1.807) is 24.3 Å². The summed E-state index contributed by atoms with van der Waals surface area (Å²) in [6.07, 6.45) is 0. The number of thioether (sulfide) groups is 1. The number of aliphatic hydroxyl groups excluding tert-OH is 1. The number of benzene rings is 3. The summed E-state index contributed by atoms with van der Waals surface area (Å²) < 4.78 is 14.9. The lowest BCUT2D eigenvalue weighted by molar-refractivity contribution is -0.132. The Morgan fingerprint density at radius 2 is 1.70 bits per heavy atom. The average molecular weight is 597 g/mol. The summed E-state index contributed by atoms with van der Waals surface area (Å²) in [7, 11) is 0. The molecule has 0 saturated carbocycles. The molecule has 0 spiro atoms. The molecule has 1 aliphatic heterocycles. The molecule has 3 aromatic carbocycles. The molecule has 1 amide bonds. The van der Waals surface area contributed by atoms with Gasteiger partial charge in [0.2, 0.25) is 5.13 Å². The summed E-state index contributed by atoms with van der Waals surface area (Å²) >= 11 is 6.09. The van der Waals surface area contributed by atoms with E-state index in [0.717, 1.165) is 10.0 Å². The van der Waals surface area contributed by atoms with Gasteiger partial charge >= 0.3 is 5.91 Å². The van der Waals surface area contributed by atoms with Crippen molar-refractivity contribution in [3.63, 3.8) is 0 Å². The van der Waals surface area contributed by atoms with Gasteiger partial charge in [-0.1, -0.05) is 81.0 Å². The first-order chi connectivity index (χ1) is 17.8. The van der Waals surface area contributed by atoms with Crippen molar-refractivity contribution in [1.29, 1.82) is 0 Å². The number of carbonyl (C=O) groups is 2. The lowest BCUT2D eigenvalue weighted by Gasteiger charge is -2.22. The van der Waals surface area contributed by atoms with Gasteiger partial charge in [-0.05, 0) is 54.4 Å². The van der Waals surface area contributed by atoms with Gasteiger partial charge in [0.15, 0.2) is 4.34 Å². The third-order valence-electron chi connectivity index (χ3n) is 5.83. The molecule has 0 aliphatic carbocycles. The van der Waals surface area contributed by atoms with E-state index >= 15 is 0 Å². The van der Waals surface area contributed by atoms with Crippen molar-refractivity contribution in [3.8, 4) is 0 Å². The predicted molar refractivity (Wildman–Crippen MR) is 146 cm³/mol. The third-order valence-corrected chi connectivity index (χ3v) is 8.49. The van der Waals surface area contributed by atoms with E-state index in [0.29, 0.717) is 15.7 Å². The van der Waals surface area contributed by atoms with Gasteiger partial charge in [-0.2, -0.15) is 0 Å². The normalized spacial score (nSPS) is 16.9. The Kier molecular flexibility index (Phi) is 7.23. The molecular weight excluding hydrogens is 577 g/mol. The van der Waals surface area contributed by atoms with Crippen LogP contribution >= 0.6 is 39.0 Å². The van der Waals surface area contributed by atoms with Crippen LogP contribution in [0.1, 0.15) is 28.3 Å². The monoisotopic (exact) mass is 595 g/mol. The van der Waals surface area contributed by atoms with Crippen molar-refractivity contribution < 1.29 is 19.1 Å². The first-order valence-corrected chi connectivity index (χ1v) is 13.8. The minimum absolute atomic E-state index is 0.0945. The second kappa shape index (κ2) is 10.6. The largest absolute Gasteiger partial charge is 0.507 e. The van der Waals surface area contributed by atoms with Crippen LogP contribution < -0.4 is 4.90 Å². The summed E-state index contributed by atoms with van der Waals surface area (Å²) in [6.45, 7) is 2.03. The zero-order chi connectivity index (χ0) is 26.1. The molecular formula is C27H19BrFN3O3S2. The average Bonchev–Trinajstić information content (AvgIpc) is 3.46. The van der Waals surface area contributed by atoms with Crippen LogP contribution in [0.15, 0.2) is 87.2 Å². The van der Waals surface area contributed by atoms with E-state index < -0.39 is 23.5 Å². The van der Waals surface area contributed by atoms with E-state index in [9.17, 15) is 19.1 Å². The van der Waals surface area contributed by atoms with Crippen LogP contribution in [-0.2, 0) is 15.3 Å². The molecule has 1 fully saturated rings. The number of nitrogens with zero attached hydrogens (tertiary/aromatic N) is 3. The van der Waals surface area contributed by atoms with Crippen molar-refractivity contribution >= 4 is 61.6 Å². The molecule has 2 heterocycles. The third kappa shape index (κ3) is 5.22. The van der Waals surface area contributed by atoms with Crippen molar-refractivity contribution in [3.05, 3.63) is 111 Å². The highest BCUT2D eigenvalue weighted by Gasteiger charge is 2.48. The van der Waals surface area contributed by atoms with Gasteiger partial charge in [0, 0.05) is 15.8 Å². The van der Waals surface area contributed by atoms with Crippen LogP contribution in [0.3, 0.4) is 0 Å². The van der Waals surface area contributed by atoms with Crippen molar-refractivity contribution in [1.82, 2.24) is 10.2 Å². The van der Waals surface area contributed by atoms with Crippen LogP contribution in [-0.4, -0.2) is 27.0 Å². The second-order valence-corrected chi connectivity index (χ2v) is 11.4. The lowest BCUT2D eigenvalue weighted by atomic mass is 9.95. The highest BCUT2D eigenvalue weighted by Crippen LogP contribution is 2.44. The zero-order valence-electron chi connectivity index (χ0n) is 19.4. The van der Waals surface area contributed by atoms with Crippen molar-refractivity contribution in [2.45, 2.75) is 23.1 Å². The number of rotatable bonds is 6. The first-order valence-electron chi connectivity index (χ1n) is 11.2. The quantitative estimate of drug-likeness (QED) is 0.0881.